The van der Waals surface area contributed by atoms with Crippen LogP contribution in [0.25, 0.3) is 0 Å². The first-order valence-electron chi connectivity index (χ1n) is 5.12. The maximum atomic E-state index is 12.4. The number of carbonyl (C=O) groups is 1. The number of benzene rings is 1. The van der Waals surface area contributed by atoms with E-state index in [-0.39, 0.29) is 0 Å². The minimum absolute atomic E-state index is 0.394. The summed E-state index contributed by atoms with van der Waals surface area (Å²) in [6.07, 6.45) is -5.10. The lowest BCUT2D eigenvalue weighted by Gasteiger charge is -2.11. The van der Waals surface area contributed by atoms with E-state index in [1.165, 1.54) is 0 Å². The van der Waals surface area contributed by atoms with Crippen LogP contribution < -0.4 is 4.72 Å². The summed E-state index contributed by atoms with van der Waals surface area (Å²) in [6.45, 7) is -0.394. The zero-order valence-electron chi connectivity index (χ0n) is 9.74. The van der Waals surface area contributed by atoms with Gasteiger partial charge < -0.3 is 5.11 Å². The lowest BCUT2D eigenvalue weighted by Crippen LogP contribution is -2.26. The van der Waals surface area contributed by atoms with Gasteiger partial charge in [-0.2, -0.15) is 13.2 Å². The first-order valence-corrected chi connectivity index (χ1v) is 6.98. The van der Waals surface area contributed by atoms with Gasteiger partial charge in [0.05, 0.1) is 17.0 Å². The number of carboxylic acids is 1. The first-order chi connectivity index (χ1) is 9.04. The zero-order chi connectivity index (χ0) is 15.6. The van der Waals surface area contributed by atoms with Gasteiger partial charge in [-0.05, 0) is 18.2 Å². The third kappa shape index (κ3) is 4.36. The van der Waals surface area contributed by atoms with Crippen molar-refractivity contribution in [3.63, 3.8) is 0 Å². The van der Waals surface area contributed by atoms with Gasteiger partial charge >= 0.3 is 12.1 Å². The van der Waals surface area contributed by atoms with Gasteiger partial charge in [0, 0.05) is 6.54 Å². The molecular formula is C10H9ClF3NO4S. The molecule has 1 aromatic rings. The van der Waals surface area contributed by atoms with E-state index in [0.717, 1.165) is 0 Å². The van der Waals surface area contributed by atoms with Gasteiger partial charge in [0.1, 0.15) is 4.90 Å². The number of rotatable bonds is 5. The van der Waals surface area contributed by atoms with Gasteiger partial charge in [-0.1, -0.05) is 11.6 Å². The number of aliphatic carboxylic acids is 1. The molecule has 0 aliphatic carbocycles. The molecule has 0 saturated heterocycles. The van der Waals surface area contributed by atoms with Crippen molar-refractivity contribution in [2.24, 2.45) is 0 Å². The van der Waals surface area contributed by atoms with E-state index in [4.69, 9.17) is 16.7 Å². The van der Waals surface area contributed by atoms with E-state index >= 15 is 0 Å². The monoisotopic (exact) mass is 331 g/mol. The normalized spacial score (nSPS) is 12.4. The van der Waals surface area contributed by atoms with Gasteiger partial charge in [0.15, 0.2) is 0 Å². The maximum Gasteiger partial charge on any atom is 0.416 e. The van der Waals surface area contributed by atoms with Crippen molar-refractivity contribution in [1.29, 1.82) is 0 Å². The van der Waals surface area contributed by atoms with Crippen LogP contribution in [0.1, 0.15) is 12.0 Å². The van der Waals surface area contributed by atoms with E-state index in [9.17, 15) is 26.4 Å². The highest BCUT2D eigenvalue weighted by atomic mass is 35.5. The Kier molecular flexibility index (Phi) is 5.00. The van der Waals surface area contributed by atoms with Gasteiger partial charge in [-0.25, -0.2) is 13.1 Å². The fourth-order valence-electron chi connectivity index (χ4n) is 1.27. The fourth-order valence-corrected chi connectivity index (χ4v) is 2.84. The summed E-state index contributed by atoms with van der Waals surface area (Å²) in [5.41, 5.74) is -1.08. The Hall–Kier alpha value is -1.32. The highest BCUT2D eigenvalue weighted by molar-refractivity contribution is 7.89. The molecule has 112 valence electrons. The second-order valence-corrected chi connectivity index (χ2v) is 5.83. The molecule has 5 nitrogen and oxygen atoms in total. The van der Waals surface area contributed by atoms with E-state index < -0.39 is 50.6 Å². The lowest BCUT2D eigenvalue weighted by molar-refractivity contribution is -0.138. The van der Waals surface area contributed by atoms with Crippen LogP contribution in [0.3, 0.4) is 0 Å². The van der Waals surface area contributed by atoms with Gasteiger partial charge in [0.2, 0.25) is 10.0 Å². The van der Waals surface area contributed by atoms with Gasteiger partial charge in [-0.15, -0.1) is 0 Å². The Bertz CT molecular complexity index is 615. The number of halogens is 4. The SMILES string of the molecule is O=C(O)CCNS(=O)(=O)c1ccc(C(F)(F)F)cc1Cl. The topological polar surface area (TPSA) is 83.5 Å². The Morgan fingerprint density at radius 3 is 2.40 bits per heavy atom. The van der Waals surface area contributed by atoms with Crippen molar-refractivity contribution in [1.82, 2.24) is 4.72 Å². The molecule has 1 rings (SSSR count). The van der Waals surface area contributed by atoms with Crippen molar-refractivity contribution in [2.45, 2.75) is 17.5 Å². The predicted octanol–water partition coefficient (Wildman–Crippen LogP) is 2.11. The van der Waals surface area contributed by atoms with E-state index in [1.54, 1.807) is 0 Å². The number of carboxylic acid groups (broad SMARTS) is 1. The third-order valence-corrected chi connectivity index (χ3v) is 4.12. The predicted molar refractivity (Wildman–Crippen MR) is 63.9 cm³/mol. The average molecular weight is 332 g/mol. The summed E-state index contributed by atoms with van der Waals surface area (Å²) < 4.78 is 62.6. The number of hydrogen-bond donors (Lipinski definition) is 2. The zero-order valence-corrected chi connectivity index (χ0v) is 11.3. The average Bonchev–Trinajstić information content (AvgIpc) is 2.26. The Morgan fingerprint density at radius 2 is 1.95 bits per heavy atom. The molecule has 0 aliphatic rings. The Balaban J connectivity index is 2.99. The number of alkyl halides is 3. The van der Waals surface area contributed by atoms with Crippen LogP contribution in [0.5, 0.6) is 0 Å². The lowest BCUT2D eigenvalue weighted by atomic mass is 10.2. The Morgan fingerprint density at radius 1 is 1.35 bits per heavy atom. The largest absolute Gasteiger partial charge is 0.481 e. The third-order valence-electron chi connectivity index (χ3n) is 2.18. The van der Waals surface area contributed by atoms with Crippen LogP contribution in [0, 0.1) is 0 Å². The number of sulfonamides is 1. The fraction of sp³-hybridized carbons (Fsp3) is 0.300. The van der Waals surface area contributed by atoms with Crippen LogP contribution in [0.2, 0.25) is 5.02 Å². The molecule has 0 aliphatic heterocycles. The molecule has 2 N–H and O–H groups in total. The van der Waals surface area contributed by atoms with Gasteiger partial charge in [0.25, 0.3) is 0 Å². The summed E-state index contributed by atoms with van der Waals surface area (Å²) in [5.74, 6) is -1.22. The molecule has 0 amide bonds. The smallest absolute Gasteiger partial charge is 0.416 e. The molecule has 0 unspecified atom stereocenters. The quantitative estimate of drug-likeness (QED) is 0.865. The van der Waals surface area contributed by atoms with Crippen molar-refractivity contribution in [3.05, 3.63) is 28.8 Å². The molecule has 20 heavy (non-hydrogen) atoms. The van der Waals surface area contributed by atoms with Crippen molar-refractivity contribution >= 4 is 27.6 Å². The molecule has 0 bridgehead atoms. The number of nitrogens with one attached hydrogen (secondary N) is 1. The molecule has 0 radical (unpaired) electrons. The summed E-state index contributed by atoms with van der Waals surface area (Å²) in [7, 11) is -4.16. The van der Waals surface area contributed by atoms with E-state index in [0.29, 0.717) is 18.2 Å². The summed E-state index contributed by atoms with van der Waals surface area (Å²) >= 11 is 5.53. The molecule has 0 fully saturated rings. The minimum Gasteiger partial charge on any atom is -0.481 e. The molecular weight excluding hydrogens is 323 g/mol. The summed E-state index contributed by atoms with van der Waals surface area (Å²) in [4.78, 5) is 9.71. The van der Waals surface area contributed by atoms with Gasteiger partial charge in [-0.3, -0.25) is 4.79 Å². The molecule has 10 heteroatoms. The highest BCUT2D eigenvalue weighted by Crippen LogP contribution is 2.33. The maximum absolute atomic E-state index is 12.4. The molecule has 0 saturated carbocycles. The number of hydrogen-bond acceptors (Lipinski definition) is 3. The Labute approximate surface area is 117 Å². The van der Waals surface area contributed by atoms with Crippen LogP contribution in [0.4, 0.5) is 13.2 Å². The van der Waals surface area contributed by atoms with E-state index in [2.05, 4.69) is 0 Å². The standard InChI is InChI=1S/C10H9ClF3NO4S/c11-7-5-6(10(12,13)14)1-2-8(7)20(18,19)15-4-3-9(16)17/h1-2,5,15H,3-4H2,(H,16,17). The highest BCUT2D eigenvalue weighted by Gasteiger charge is 2.32. The van der Waals surface area contributed by atoms with Crippen LogP contribution in [0.15, 0.2) is 23.1 Å². The molecule has 0 heterocycles. The minimum atomic E-state index is -4.64. The second-order valence-electron chi connectivity index (χ2n) is 3.68. The van der Waals surface area contributed by atoms with Crippen molar-refractivity contribution in [2.75, 3.05) is 6.54 Å². The molecule has 0 spiro atoms. The van der Waals surface area contributed by atoms with Crippen molar-refractivity contribution < 1.29 is 31.5 Å². The van der Waals surface area contributed by atoms with Crippen LogP contribution in [-0.2, 0) is 21.0 Å². The molecule has 1 aromatic carbocycles. The molecule has 0 atom stereocenters. The first kappa shape index (κ1) is 16.7. The summed E-state index contributed by atoms with van der Waals surface area (Å²) in [6, 6.07) is 1.79. The van der Waals surface area contributed by atoms with Crippen molar-refractivity contribution in [3.8, 4) is 0 Å². The molecule has 0 aromatic heterocycles. The van der Waals surface area contributed by atoms with Crippen LogP contribution >= 0.6 is 11.6 Å². The second kappa shape index (κ2) is 5.98. The summed E-state index contributed by atoms with van der Waals surface area (Å²) in [5, 5.41) is 7.78. The van der Waals surface area contributed by atoms with Crippen LogP contribution in [-0.4, -0.2) is 26.0 Å². The van der Waals surface area contributed by atoms with E-state index in [1.807, 2.05) is 4.72 Å².